The summed E-state index contributed by atoms with van der Waals surface area (Å²) < 4.78 is 48.2. The molecule has 0 amide bonds. The van der Waals surface area contributed by atoms with Crippen molar-refractivity contribution in [3.05, 3.63) is 52.3 Å². The second-order valence-corrected chi connectivity index (χ2v) is 6.82. The molecule has 0 aliphatic carbocycles. The minimum Gasteiger partial charge on any atom is -0.488 e. The Morgan fingerprint density at radius 2 is 1.77 bits per heavy atom. The number of benzene rings is 2. The van der Waals surface area contributed by atoms with E-state index in [-0.39, 0.29) is 24.3 Å². The molecule has 0 N–H and O–H groups in total. The average Bonchev–Trinajstić information content (AvgIpc) is 3.19. The fourth-order valence-electron chi connectivity index (χ4n) is 3.46. The van der Waals surface area contributed by atoms with Crippen LogP contribution in [0.1, 0.15) is 34.9 Å². The van der Waals surface area contributed by atoms with E-state index in [0.717, 1.165) is 12.0 Å². The molecule has 158 valence electrons. The molecule has 6 nitrogen and oxygen atoms in total. The normalized spacial score (nSPS) is 13.5. The maximum absolute atomic E-state index is 13.6. The summed E-state index contributed by atoms with van der Waals surface area (Å²) in [6.07, 6.45) is -2.51. The molecule has 0 fully saturated rings. The van der Waals surface area contributed by atoms with Crippen molar-refractivity contribution in [2.45, 2.75) is 47.0 Å². The molecule has 0 saturated heterocycles. The smallest absolute Gasteiger partial charge is 0.488 e. The molecule has 1 aliphatic rings. The number of ether oxygens (including phenoxy) is 3. The first-order chi connectivity index (χ1) is 14.2. The lowest BCUT2D eigenvalue weighted by atomic mass is 10.0. The van der Waals surface area contributed by atoms with Gasteiger partial charge in [-0.2, -0.15) is 9.59 Å². The molecule has 0 atom stereocenters. The van der Waals surface area contributed by atoms with Crippen LogP contribution in [0.4, 0.5) is 8.78 Å². The van der Waals surface area contributed by atoms with E-state index in [4.69, 9.17) is 23.5 Å². The van der Waals surface area contributed by atoms with Gasteiger partial charge in [0.15, 0.2) is 11.5 Å². The predicted octanol–water partition coefficient (Wildman–Crippen LogP) is 5.24. The molecule has 30 heavy (non-hydrogen) atoms. The van der Waals surface area contributed by atoms with Gasteiger partial charge in [0.05, 0.1) is 5.56 Å². The molecule has 1 aliphatic heterocycles. The molecular formula is C22H20F2O6. The summed E-state index contributed by atoms with van der Waals surface area (Å²) in [7, 11) is 0. The van der Waals surface area contributed by atoms with Crippen molar-refractivity contribution in [1.29, 1.82) is 0 Å². The molecule has 3 aromatic rings. The van der Waals surface area contributed by atoms with Gasteiger partial charge in [0.25, 0.3) is 0 Å². The first-order valence-electron chi connectivity index (χ1n) is 9.23. The number of rotatable bonds is 4. The number of aryl methyl sites for hydroxylation is 2. The van der Waals surface area contributed by atoms with E-state index >= 15 is 0 Å². The standard InChI is InChI=1S/C21H20F2O4.CO2/c1-5-14-6-7-17(13(4)12(14)3)24-10-16-19-15(8-11(2)25-19)9-18-20(16)27-21(22,23)26-18;2-1-3/h6-9H,5,10H2,1-4H3;. The third-order valence-electron chi connectivity index (χ3n) is 4.99. The number of hydrogen-bond acceptors (Lipinski definition) is 6. The summed E-state index contributed by atoms with van der Waals surface area (Å²) in [5, 5.41) is 0.667. The van der Waals surface area contributed by atoms with Crippen LogP contribution in [-0.4, -0.2) is 12.4 Å². The quantitative estimate of drug-likeness (QED) is 0.577. The Kier molecular flexibility index (Phi) is 5.80. The van der Waals surface area contributed by atoms with E-state index in [2.05, 4.69) is 11.7 Å². The Morgan fingerprint density at radius 3 is 2.43 bits per heavy atom. The van der Waals surface area contributed by atoms with Crippen molar-refractivity contribution in [3.63, 3.8) is 0 Å². The first-order valence-corrected chi connectivity index (χ1v) is 9.23. The zero-order valence-corrected chi connectivity index (χ0v) is 16.9. The maximum Gasteiger partial charge on any atom is 0.586 e. The molecule has 0 spiro atoms. The number of alkyl halides is 2. The van der Waals surface area contributed by atoms with Crippen molar-refractivity contribution < 1.29 is 37.0 Å². The Balaban J connectivity index is 0.000000806. The Hall–Kier alpha value is -3.38. The van der Waals surface area contributed by atoms with Gasteiger partial charge >= 0.3 is 12.4 Å². The molecule has 4 rings (SSSR count). The van der Waals surface area contributed by atoms with Crippen molar-refractivity contribution in [2.24, 2.45) is 0 Å². The molecule has 8 heteroatoms. The average molecular weight is 418 g/mol. The summed E-state index contributed by atoms with van der Waals surface area (Å²) in [5.41, 5.74) is 4.31. The van der Waals surface area contributed by atoms with Crippen molar-refractivity contribution >= 4 is 17.1 Å². The lowest BCUT2D eigenvalue weighted by Gasteiger charge is -2.15. The summed E-state index contributed by atoms with van der Waals surface area (Å²) in [5.74, 6) is 1.31. The van der Waals surface area contributed by atoms with Gasteiger partial charge < -0.3 is 18.6 Å². The lowest BCUT2D eigenvalue weighted by Crippen LogP contribution is -2.26. The number of hydrogen-bond donors (Lipinski definition) is 0. The third-order valence-corrected chi connectivity index (χ3v) is 4.99. The maximum atomic E-state index is 13.6. The SMILES string of the molecule is CCc1ccc(OCc2c3c(cc4cc(C)oc24)OC(F)(F)O3)c(C)c1C.O=C=O. The Labute approximate surface area is 171 Å². The first kappa shape index (κ1) is 21.3. The van der Waals surface area contributed by atoms with Crippen LogP contribution in [0.2, 0.25) is 0 Å². The summed E-state index contributed by atoms with van der Waals surface area (Å²) in [6, 6.07) is 7.19. The second-order valence-electron chi connectivity index (χ2n) is 6.82. The largest absolute Gasteiger partial charge is 0.586 e. The second kappa shape index (κ2) is 8.16. The number of fused-ring (bicyclic) bond motifs is 2. The molecule has 0 bridgehead atoms. The van der Waals surface area contributed by atoms with E-state index < -0.39 is 6.29 Å². The topological polar surface area (TPSA) is 75.0 Å². The van der Waals surface area contributed by atoms with E-state index in [9.17, 15) is 8.78 Å². The Morgan fingerprint density at radius 1 is 1.07 bits per heavy atom. The highest BCUT2D eigenvalue weighted by Gasteiger charge is 2.45. The van der Waals surface area contributed by atoms with Gasteiger partial charge in [0, 0.05) is 5.39 Å². The van der Waals surface area contributed by atoms with Crippen molar-refractivity contribution in [2.75, 3.05) is 0 Å². The molecule has 0 saturated carbocycles. The monoisotopic (exact) mass is 418 g/mol. The summed E-state index contributed by atoms with van der Waals surface area (Å²) in [4.78, 5) is 16.2. The van der Waals surface area contributed by atoms with E-state index in [1.165, 1.54) is 17.2 Å². The van der Waals surface area contributed by atoms with E-state index in [1.54, 1.807) is 13.0 Å². The fraction of sp³-hybridized carbons (Fsp3) is 0.318. The van der Waals surface area contributed by atoms with E-state index in [0.29, 0.717) is 28.0 Å². The van der Waals surface area contributed by atoms with Crippen LogP contribution in [0.3, 0.4) is 0 Å². The summed E-state index contributed by atoms with van der Waals surface area (Å²) >= 11 is 0. The fourth-order valence-corrected chi connectivity index (χ4v) is 3.46. The minimum absolute atomic E-state index is 0.0128. The zero-order chi connectivity index (χ0) is 22.1. The predicted molar refractivity (Wildman–Crippen MR) is 102 cm³/mol. The highest BCUT2D eigenvalue weighted by atomic mass is 19.3. The van der Waals surface area contributed by atoms with Gasteiger partial charge in [-0.15, -0.1) is 8.78 Å². The molecule has 0 unspecified atom stereocenters. The van der Waals surface area contributed by atoms with Crippen LogP contribution in [0.15, 0.2) is 28.7 Å². The van der Waals surface area contributed by atoms with Crippen LogP contribution in [0.5, 0.6) is 17.2 Å². The van der Waals surface area contributed by atoms with Gasteiger partial charge in [0.1, 0.15) is 23.7 Å². The van der Waals surface area contributed by atoms with Gasteiger partial charge in [-0.25, -0.2) is 0 Å². The summed E-state index contributed by atoms with van der Waals surface area (Å²) in [6.45, 7) is 7.95. The number of carbonyl (C=O) groups excluding carboxylic acids is 2. The zero-order valence-electron chi connectivity index (χ0n) is 16.9. The van der Waals surface area contributed by atoms with Crippen molar-refractivity contribution in [3.8, 4) is 17.2 Å². The number of halogens is 2. The third kappa shape index (κ3) is 4.00. The van der Waals surface area contributed by atoms with Gasteiger partial charge in [-0.05, 0) is 62.1 Å². The van der Waals surface area contributed by atoms with Crippen LogP contribution in [0, 0.1) is 20.8 Å². The number of furan rings is 1. The van der Waals surface area contributed by atoms with Crippen molar-refractivity contribution in [1.82, 2.24) is 0 Å². The molecule has 1 aromatic heterocycles. The van der Waals surface area contributed by atoms with Gasteiger partial charge in [-0.3, -0.25) is 0 Å². The molecular weight excluding hydrogens is 398 g/mol. The lowest BCUT2D eigenvalue weighted by molar-refractivity contribution is -0.287. The Bertz CT molecular complexity index is 1130. The molecule has 2 aromatic carbocycles. The molecule has 2 heterocycles. The van der Waals surface area contributed by atoms with Gasteiger partial charge in [-0.1, -0.05) is 13.0 Å². The van der Waals surface area contributed by atoms with Crippen LogP contribution in [-0.2, 0) is 22.6 Å². The van der Waals surface area contributed by atoms with E-state index in [1.807, 2.05) is 26.0 Å². The molecule has 0 radical (unpaired) electrons. The van der Waals surface area contributed by atoms with Crippen LogP contribution >= 0.6 is 0 Å². The van der Waals surface area contributed by atoms with Crippen LogP contribution in [0.25, 0.3) is 11.0 Å². The van der Waals surface area contributed by atoms with Crippen LogP contribution < -0.4 is 14.2 Å². The highest BCUT2D eigenvalue weighted by Crippen LogP contribution is 2.47. The van der Waals surface area contributed by atoms with Gasteiger partial charge in [0.2, 0.25) is 0 Å². The minimum atomic E-state index is -3.69. The highest BCUT2D eigenvalue weighted by molar-refractivity contribution is 5.86.